The van der Waals surface area contributed by atoms with Crippen molar-refractivity contribution in [3.8, 4) is 0 Å². The molecule has 0 unspecified atom stereocenters. The summed E-state index contributed by atoms with van der Waals surface area (Å²) in [5.74, 6) is 0.296. The smallest absolute Gasteiger partial charge is 0.280 e. The molecule has 0 aromatic carbocycles. The molecule has 9 nitrogen and oxygen atoms in total. The highest BCUT2D eigenvalue weighted by atomic mass is 16.5. The van der Waals surface area contributed by atoms with Crippen LogP contribution in [0.4, 0.5) is 5.95 Å². The number of nitrogens with one attached hydrogen (secondary N) is 1. The van der Waals surface area contributed by atoms with E-state index in [9.17, 15) is 15.0 Å². The number of nitrogens with two attached hydrogens (primary N) is 1. The molecule has 0 aliphatic carbocycles. The zero-order valence-corrected chi connectivity index (χ0v) is 14.1. The topological polar surface area (TPSA) is 139 Å². The fourth-order valence-corrected chi connectivity index (χ4v) is 2.82. The molecular formula is C15H25N5O4. The van der Waals surface area contributed by atoms with Gasteiger partial charge in [0.25, 0.3) is 5.56 Å². The van der Waals surface area contributed by atoms with Crippen LogP contribution in [0.3, 0.4) is 0 Å². The number of anilines is 1. The Morgan fingerprint density at radius 1 is 1.38 bits per heavy atom. The van der Waals surface area contributed by atoms with Crippen molar-refractivity contribution in [1.29, 1.82) is 0 Å². The lowest BCUT2D eigenvalue weighted by Gasteiger charge is -2.29. The predicted molar refractivity (Wildman–Crippen MR) is 89.3 cm³/mol. The molecule has 0 fully saturated rings. The molecule has 24 heavy (non-hydrogen) atoms. The van der Waals surface area contributed by atoms with Gasteiger partial charge < -0.3 is 20.7 Å². The quantitative estimate of drug-likeness (QED) is 0.545. The summed E-state index contributed by atoms with van der Waals surface area (Å²) in [6.07, 6.45) is 0.676. The lowest BCUT2D eigenvalue weighted by molar-refractivity contribution is -0.109. The van der Waals surface area contributed by atoms with Crippen molar-refractivity contribution < 1.29 is 14.9 Å². The average molecular weight is 339 g/mol. The first-order valence-corrected chi connectivity index (χ1v) is 8.04. The fourth-order valence-electron chi connectivity index (χ4n) is 2.82. The molecule has 0 amide bonds. The van der Waals surface area contributed by atoms with Crippen LogP contribution in [0.1, 0.15) is 39.3 Å². The first-order chi connectivity index (χ1) is 11.4. The van der Waals surface area contributed by atoms with Gasteiger partial charge in [0.2, 0.25) is 5.95 Å². The number of aromatic nitrogens is 4. The van der Waals surface area contributed by atoms with Crippen LogP contribution < -0.4 is 11.3 Å². The monoisotopic (exact) mass is 339 g/mol. The zero-order chi connectivity index (χ0) is 17.9. The zero-order valence-electron chi connectivity index (χ0n) is 14.1. The molecule has 0 saturated heterocycles. The minimum atomic E-state index is -1.36. The number of imidazole rings is 1. The second kappa shape index (κ2) is 7.73. The highest BCUT2D eigenvalue weighted by Gasteiger charge is 2.30. The molecule has 0 bridgehead atoms. The van der Waals surface area contributed by atoms with Crippen LogP contribution in [-0.4, -0.2) is 49.0 Å². The Morgan fingerprint density at radius 2 is 2.04 bits per heavy atom. The Kier molecular flexibility index (Phi) is 5.92. The van der Waals surface area contributed by atoms with E-state index in [1.165, 1.54) is 18.0 Å². The first-order valence-electron chi connectivity index (χ1n) is 8.04. The molecule has 0 saturated carbocycles. The van der Waals surface area contributed by atoms with Crippen molar-refractivity contribution in [3.05, 3.63) is 16.7 Å². The Hall–Kier alpha value is -1.97. The molecule has 2 rings (SSSR count). The number of aliphatic hydroxyl groups excluding tert-OH is 2. The van der Waals surface area contributed by atoms with E-state index in [0.29, 0.717) is 12.3 Å². The van der Waals surface area contributed by atoms with Crippen molar-refractivity contribution >= 4 is 17.1 Å². The Balaban J connectivity index is 2.29. The number of H-pyrrole nitrogens is 1. The van der Waals surface area contributed by atoms with Gasteiger partial charge in [0, 0.05) is 7.11 Å². The van der Waals surface area contributed by atoms with Gasteiger partial charge >= 0.3 is 0 Å². The van der Waals surface area contributed by atoms with Crippen LogP contribution in [0.5, 0.6) is 0 Å². The van der Waals surface area contributed by atoms with Crippen LogP contribution in [0.25, 0.3) is 11.2 Å². The number of ether oxygens (including phenoxy) is 1. The molecule has 2 aromatic heterocycles. The predicted octanol–water partition coefficient (Wildman–Crippen LogP) is 0.395. The second-order valence-electron chi connectivity index (χ2n) is 5.87. The van der Waals surface area contributed by atoms with E-state index in [-0.39, 0.29) is 17.1 Å². The number of nitrogen functional groups attached to an aromatic ring is 1. The molecule has 0 spiro atoms. The van der Waals surface area contributed by atoms with Crippen LogP contribution in [-0.2, 0) is 4.74 Å². The Morgan fingerprint density at radius 3 is 2.62 bits per heavy atom. The van der Waals surface area contributed by atoms with Gasteiger partial charge in [-0.05, 0) is 12.3 Å². The van der Waals surface area contributed by atoms with E-state index < -0.39 is 24.0 Å². The normalized spacial score (nSPS) is 15.8. The number of rotatable bonds is 8. The molecule has 2 aromatic rings. The number of aliphatic hydroxyl groups is 2. The third kappa shape index (κ3) is 3.58. The molecule has 5 N–H and O–H groups in total. The molecule has 0 radical (unpaired) electrons. The summed E-state index contributed by atoms with van der Waals surface area (Å²) in [4.78, 5) is 22.1. The van der Waals surface area contributed by atoms with Crippen LogP contribution in [0.2, 0.25) is 0 Å². The Labute approximate surface area is 139 Å². The molecular weight excluding hydrogens is 314 g/mol. The van der Waals surface area contributed by atoms with Crippen LogP contribution in [0.15, 0.2) is 11.1 Å². The van der Waals surface area contributed by atoms with Gasteiger partial charge in [-0.1, -0.05) is 26.7 Å². The van der Waals surface area contributed by atoms with Crippen molar-refractivity contribution in [1.82, 2.24) is 19.5 Å². The van der Waals surface area contributed by atoms with Gasteiger partial charge in [-0.15, -0.1) is 0 Å². The third-order valence-corrected chi connectivity index (χ3v) is 4.45. The summed E-state index contributed by atoms with van der Waals surface area (Å²) in [6, 6.07) is 0. The number of nitrogens with zero attached hydrogens (tertiary/aromatic N) is 3. The number of aromatic amines is 1. The maximum absolute atomic E-state index is 11.8. The third-order valence-electron chi connectivity index (χ3n) is 4.45. The minimum Gasteiger partial charge on any atom is -0.386 e. The van der Waals surface area contributed by atoms with Gasteiger partial charge in [-0.3, -0.25) is 14.3 Å². The van der Waals surface area contributed by atoms with E-state index in [0.717, 1.165) is 12.8 Å². The summed E-state index contributed by atoms with van der Waals surface area (Å²) in [5.41, 5.74) is 5.20. The summed E-state index contributed by atoms with van der Waals surface area (Å²) < 4.78 is 6.59. The standard InChI is InChI=1S/C15H25N5O4/c1-4-8(5-2)6-9(24-3)11(21)14(23)20-7-17-10-12(20)18-15(16)19-13(10)22/h7-9,11,14,21,23H,4-6H2,1-3H3,(H3,16,18,19,22)/t9-,11-,14-/m1/s1. The first kappa shape index (κ1) is 18.4. The molecule has 9 heteroatoms. The fraction of sp³-hybridized carbons (Fsp3) is 0.667. The molecule has 3 atom stereocenters. The summed E-state index contributed by atoms with van der Waals surface area (Å²) in [7, 11) is 1.50. The van der Waals surface area contributed by atoms with Crippen molar-refractivity contribution in [2.75, 3.05) is 12.8 Å². The molecule has 0 aliphatic heterocycles. The van der Waals surface area contributed by atoms with Crippen LogP contribution >= 0.6 is 0 Å². The molecule has 0 aliphatic rings. The van der Waals surface area contributed by atoms with E-state index >= 15 is 0 Å². The lowest BCUT2D eigenvalue weighted by atomic mass is 9.93. The van der Waals surface area contributed by atoms with Gasteiger partial charge in [-0.25, -0.2) is 4.98 Å². The van der Waals surface area contributed by atoms with Crippen molar-refractivity contribution in [2.45, 2.75) is 51.5 Å². The molecule has 134 valence electrons. The minimum absolute atomic E-state index is 0.0457. The van der Waals surface area contributed by atoms with Crippen LogP contribution in [0, 0.1) is 5.92 Å². The highest BCUT2D eigenvalue weighted by molar-refractivity contribution is 5.70. The van der Waals surface area contributed by atoms with Crippen molar-refractivity contribution in [3.63, 3.8) is 0 Å². The molecule has 2 heterocycles. The lowest BCUT2D eigenvalue weighted by Crippen LogP contribution is -2.37. The largest absolute Gasteiger partial charge is 0.386 e. The number of fused-ring (bicyclic) bond motifs is 1. The number of methoxy groups -OCH3 is 1. The summed E-state index contributed by atoms with van der Waals surface area (Å²) in [6.45, 7) is 4.15. The highest BCUT2D eigenvalue weighted by Crippen LogP contribution is 2.24. The van der Waals surface area contributed by atoms with Gasteiger partial charge in [0.05, 0.1) is 12.4 Å². The van der Waals surface area contributed by atoms with Gasteiger partial charge in [0.15, 0.2) is 17.4 Å². The maximum Gasteiger partial charge on any atom is 0.280 e. The summed E-state index contributed by atoms with van der Waals surface area (Å²) >= 11 is 0. The number of hydrogen-bond acceptors (Lipinski definition) is 7. The Bertz CT molecular complexity index is 724. The number of hydrogen-bond donors (Lipinski definition) is 4. The van der Waals surface area contributed by atoms with E-state index in [2.05, 4.69) is 28.8 Å². The summed E-state index contributed by atoms with van der Waals surface area (Å²) in [5, 5.41) is 21.0. The van der Waals surface area contributed by atoms with E-state index in [4.69, 9.17) is 10.5 Å². The maximum atomic E-state index is 11.8. The average Bonchev–Trinajstić information content (AvgIpc) is 2.99. The SMILES string of the molecule is CCC(CC)C[C@@H](OC)[C@@H](O)[C@@H](O)n1cnc2c(=O)[nH]c(N)nc21. The second-order valence-corrected chi connectivity index (χ2v) is 5.87. The van der Waals surface area contributed by atoms with E-state index in [1.807, 2.05) is 0 Å². The van der Waals surface area contributed by atoms with Gasteiger partial charge in [-0.2, -0.15) is 4.98 Å². The van der Waals surface area contributed by atoms with E-state index in [1.54, 1.807) is 0 Å². The van der Waals surface area contributed by atoms with Gasteiger partial charge in [0.1, 0.15) is 6.10 Å². The van der Waals surface area contributed by atoms with Crippen molar-refractivity contribution in [2.24, 2.45) is 5.92 Å².